The van der Waals surface area contributed by atoms with Crippen LogP contribution in [0.4, 0.5) is 5.69 Å². The Morgan fingerprint density at radius 3 is 2.47 bits per heavy atom. The van der Waals surface area contributed by atoms with Crippen molar-refractivity contribution in [3.8, 4) is 0 Å². The van der Waals surface area contributed by atoms with Crippen molar-refractivity contribution < 1.29 is 4.79 Å². The molecule has 166 valence electrons. The van der Waals surface area contributed by atoms with E-state index in [1.165, 1.54) is 34.4 Å². The molecule has 0 unspecified atom stereocenters. The van der Waals surface area contributed by atoms with E-state index in [0.717, 1.165) is 35.0 Å². The molecule has 1 amide bonds. The van der Waals surface area contributed by atoms with Crippen molar-refractivity contribution in [3.63, 3.8) is 0 Å². The maximum absolute atomic E-state index is 12.6. The van der Waals surface area contributed by atoms with Crippen LogP contribution in [0.25, 0.3) is 0 Å². The van der Waals surface area contributed by atoms with Crippen molar-refractivity contribution in [2.24, 2.45) is 11.8 Å². The number of aryl methyl sites for hydroxylation is 1. The van der Waals surface area contributed by atoms with Gasteiger partial charge < -0.3 is 10.6 Å². The Balaban J connectivity index is 1.24. The summed E-state index contributed by atoms with van der Waals surface area (Å²) in [5.41, 5.74) is 6.01. The summed E-state index contributed by atoms with van der Waals surface area (Å²) in [5.74, 6) is 1.37. The van der Waals surface area contributed by atoms with E-state index >= 15 is 0 Å². The van der Waals surface area contributed by atoms with Gasteiger partial charge in [-0.15, -0.1) is 11.3 Å². The Bertz CT molecular complexity index is 1110. The molecule has 3 nitrogen and oxygen atoms in total. The molecule has 5 rings (SSSR count). The fourth-order valence-corrected chi connectivity index (χ4v) is 6.42. The minimum Gasteiger partial charge on any atom is -0.326 e. The number of carbonyl (C=O) groups excluding carboxylic acids is 1. The summed E-state index contributed by atoms with van der Waals surface area (Å²) in [6, 6.07) is 19.3. The lowest BCUT2D eigenvalue weighted by atomic mass is 9.93. The van der Waals surface area contributed by atoms with Gasteiger partial charge in [-0.3, -0.25) is 4.79 Å². The molecule has 0 aliphatic heterocycles. The molecule has 3 atom stereocenters. The lowest BCUT2D eigenvalue weighted by Gasteiger charge is -2.23. The predicted octanol–water partition coefficient (Wildman–Crippen LogP) is 6.17. The maximum Gasteiger partial charge on any atom is 0.228 e. The average Bonchev–Trinajstić information content (AvgIpc) is 3.30. The van der Waals surface area contributed by atoms with E-state index in [1.54, 1.807) is 11.3 Å². The van der Waals surface area contributed by atoms with Gasteiger partial charge >= 0.3 is 0 Å². The van der Waals surface area contributed by atoms with Gasteiger partial charge in [0, 0.05) is 23.2 Å². The molecule has 1 aromatic heterocycles. The van der Waals surface area contributed by atoms with Crippen molar-refractivity contribution >= 4 is 34.5 Å². The van der Waals surface area contributed by atoms with Gasteiger partial charge in [-0.05, 0) is 85.4 Å². The molecule has 32 heavy (non-hydrogen) atoms. The molecule has 2 N–H and O–H groups in total. The van der Waals surface area contributed by atoms with E-state index in [0.29, 0.717) is 24.3 Å². The number of carbonyl (C=O) groups is 1. The number of nitrogens with one attached hydrogen (secondary N) is 2. The van der Waals surface area contributed by atoms with Crippen LogP contribution in [-0.2, 0) is 30.6 Å². The van der Waals surface area contributed by atoms with Gasteiger partial charge in [0.05, 0.1) is 10.8 Å². The van der Waals surface area contributed by atoms with Crippen molar-refractivity contribution in [1.29, 1.82) is 0 Å². The first kappa shape index (κ1) is 21.7. The molecule has 1 saturated carbocycles. The predicted molar refractivity (Wildman–Crippen MR) is 134 cm³/mol. The summed E-state index contributed by atoms with van der Waals surface area (Å²) in [7, 11) is 0. The third-order valence-corrected chi connectivity index (χ3v) is 8.24. The molecule has 2 aliphatic carbocycles. The molecule has 1 heterocycles. The fraction of sp³-hybridized carbons (Fsp3) is 0.370. The second-order valence-corrected chi connectivity index (χ2v) is 11.1. The Morgan fingerprint density at radius 2 is 1.75 bits per heavy atom. The molecule has 0 spiro atoms. The summed E-state index contributed by atoms with van der Waals surface area (Å²) in [6.45, 7) is 2.95. The normalized spacial score (nSPS) is 21.8. The van der Waals surface area contributed by atoms with Crippen LogP contribution < -0.4 is 10.6 Å². The smallest absolute Gasteiger partial charge is 0.228 e. The molecule has 5 heteroatoms. The van der Waals surface area contributed by atoms with E-state index in [9.17, 15) is 4.79 Å². The van der Waals surface area contributed by atoms with E-state index < -0.39 is 0 Å². The largest absolute Gasteiger partial charge is 0.326 e. The molecule has 3 aromatic rings. The SMILES string of the molecule is Cc1ccc(CC(=O)Nc2ccc3c(c2)C[C@H]2CC[C@@H](C3)[C@H]2NCc2ccc(Cl)s2)cc1. The number of rotatable bonds is 6. The van der Waals surface area contributed by atoms with Crippen molar-refractivity contribution in [1.82, 2.24) is 5.32 Å². The van der Waals surface area contributed by atoms with Crippen molar-refractivity contribution in [2.45, 2.75) is 51.6 Å². The summed E-state index contributed by atoms with van der Waals surface area (Å²) in [6.07, 6.45) is 5.17. The molecule has 2 aliphatic rings. The van der Waals surface area contributed by atoms with Crippen LogP contribution in [0.2, 0.25) is 4.34 Å². The number of thiophene rings is 1. The topological polar surface area (TPSA) is 41.1 Å². The highest BCUT2D eigenvalue weighted by Gasteiger charge is 2.38. The Morgan fingerprint density at radius 1 is 1.00 bits per heavy atom. The number of hydrogen-bond donors (Lipinski definition) is 2. The second-order valence-electron chi connectivity index (χ2n) is 9.31. The molecular formula is C27H29ClN2OS. The standard InChI is InChI=1S/C27H29ClN2OS/c1-17-2-4-18(5-3-17)12-26(31)30-23-9-8-19-13-20-6-7-21(14-22(19)15-23)27(20)29-16-24-10-11-25(28)32-24/h2-5,8-11,15,20-21,27,29H,6-7,12-14,16H2,1H3,(H,30,31)/t20-,21+,27+/m0/s1. The number of hydrogen-bond acceptors (Lipinski definition) is 3. The number of benzene rings is 2. The van der Waals surface area contributed by atoms with E-state index in [4.69, 9.17) is 11.6 Å². The zero-order valence-corrected chi connectivity index (χ0v) is 19.9. The first-order chi connectivity index (χ1) is 15.5. The monoisotopic (exact) mass is 464 g/mol. The van der Waals surface area contributed by atoms with Crippen LogP contribution in [-0.4, -0.2) is 11.9 Å². The highest BCUT2D eigenvalue weighted by Crippen LogP contribution is 2.41. The first-order valence-electron chi connectivity index (χ1n) is 11.5. The Kier molecular flexibility index (Phi) is 6.36. The quantitative estimate of drug-likeness (QED) is 0.457. The molecule has 2 bridgehead atoms. The zero-order valence-electron chi connectivity index (χ0n) is 18.4. The zero-order chi connectivity index (χ0) is 22.1. The van der Waals surface area contributed by atoms with E-state index in [1.807, 2.05) is 18.2 Å². The molecular weight excluding hydrogens is 436 g/mol. The van der Waals surface area contributed by atoms with Gasteiger partial charge in [-0.2, -0.15) is 0 Å². The summed E-state index contributed by atoms with van der Waals surface area (Å²) in [4.78, 5) is 13.9. The van der Waals surface area contributed by atoms with E-state index in [2.05, 4.69) is 54.0 Å². The number of anilines is 1. The molecule has 0 saturated heterocycles. The van der Waals surface area contributed by atoms with Gasteiger partial charge in [0.1, 0.15) is 0 Å². The summed E-state index contributed by atoms with van der Waals surface area (Å²) in [5, 5.41) is 6.96. The highest BCUT2D eigenvalue weighted by atomic mass is 35.5. The average molecular weight is 465 g/mol. The van der Waals surface area contributed by atoms with Crippen LogP contribution in [0.1, 0.15) is 40.0 Å². The van der Waals surface area contributed by atoms with Crippen LogP contribution in [0.15, 0.2) is 54.6 Å². The third kappa shape index (κ3) is 4.93. The van der Waals surface area contributed by atoms with E-state index in [-0.39, 0.29) is 5.91 Å². The minimum atomic E-state index is 0.0399. The van der Waals surface area contributed by atoms with Crippen LogP contribution in [0, 0.1) is 18.8 Å². The lowest BCUT2D eigenvalue weighted by Crippen LogP contribution is -2.37. The number of halogens is 1. The molecule has 2 aromatic carbocycles. The van der Waals surface area contributed by atoms with Gasteiger partial charge in [0.2, 0.25) is 5.91 Å². The molecule has 1 fully saturated rings. The van der Waals surface area contributed by atoms with Crippen molar-refractivity contribution in [2.75, 3.05) is 5.32 Å². The lowest BCUT2D eigenvalue weighted by molar-refractivity contribution is -0.115. The van der Waals surface area contributed by atoms with Crippen LogP contribution in [0.3, 0.4) is 0 Å². The molecule has 0 radical (unpaired) electrons. The summed E-state index contributed by atoms with van der Waals surface area (Å²) >= 11 is 7.76. The van der Waals surface area contributed by atoms with Gasteiger partial charge in [-0.25, -0.2) is 0 Å². The van der Waals surface area contributed by atoms with Crippen LogP contribution >= 0.6 is 22.9 Å². The summed E-state index contributed by atoms with van der Waals surface area (Å²) < 4.78 is 0.856. The highest BCUT2D eigenvalue weighted by molar-refractivity contribution is 7.16. The second kappa shape index (κ2) is 9.38. The number of fused-ring (bicyclic) bond motifs is 3. The maximum atomic E-state index is 12.6. The van der Waals surface area contributed by atoms with Crippen LogP contribution in [0.5, 0.6) is 0 Å². The third-order valence-electron chi connectivity index (χ3n) is 7.00. The van der Waals surface area contributed by atoms with Gasteiger partial charge in [0.25, 0.3) is 0 Å². The number of amides is 1. The Hall–Kier alpha value is -2.14. The van der Waals surface area contributed by atoms with Gasteiger partial charge in [-0.1, -0.05) is 47.5 Å². The Labute approximate surface area is 199 Å². The van der Waals surface area contributed by atoms with Crippen molar-refractivity contribution in [3.05, 3.63) is 86.1 Å². The minimum absolute atomic E-state index is 0.0399. The fourth-order valence-electron chi connectivity index (χ4n) is 5.38. The van der Waals surface area contributed by atoms with Gasteiger partial charge in [0.15, 0.2) is 0 Å². The first-order valence-corrected chi connectivity index (χ1v) is 12.7.